The molecule has 2 rings (SSSR count). The minimum atomic E-state index is -4.13. The summed E-state index contributed by atoms with van der Waals surface area (Å²) in [6.07, 6.45) is 2.28. The second kappa shape index (κ2) is 8.67. The maximum atomic E-state index is 12.5. The number of rotatable bonds is 6. The fraction of sp³-hybridized carbons (Fsp3) is 0.467. The lowest BCUT2D eigenvalue weighted by atomic mass is 10.0. The molecule has 1 heterocycles. The molecule has 0 aliphatic carbocycles. The van der Waals surface area contributed by atoms with Gasteiger partial charge in [0.25, 0.3) is 0 Å². The van der Waals surface area contributed by atoms with Gasteiger partial charge >= 0.3 is 7.60 Å². The molecule has 9 heteroatoms. The summed E-state index contributed by atoms with van der Waals surface area (Å²) in [5.41, 5.74) is 0.282. The smallest absolute Gasteiger partial charge is 0.330 e. The maximum Gasteiger partial charge on any atom is 0.335 e. The number of piperidine rings is 1. The van der Waals surface area contributed by atoms with Crippen molar-refractivity contribution in [3.8, 4) is 0 Å². The first-order valence-electron chi connectivity index (χ1n) is 7.64. The van der Waals surface area contributed by atoms with Crippen LogP contribution in [0.15, 0.2) is 30.3 Å². The van der Waals surface area contributed by atoms with Crippen LogP contribution in [0.3, 0.4) is 0 Å². The summed E-state index contributed by atoms with van der Waals surface area (Å²) in [6, 6.07) is 8.51. The van der Waals surface area contributed by atoms with Gasteiger partial charge in [0.1, 0.15) is 6.04 Å². The number of carbonyl (C=O) groups is 2. The largest absolute Gasteiger partial charge is 0.335 e. The number of para-hydroxylation sites is 1. The van der Waals surface area contributed by atoms with E-state index in [1.807, 2.05) is 18.2 Å². The van der Waals surface area contributed by atoms with E-state index in [1.165, 1.54) is 4.90 Å². The lowest BCUT2D eigenvalue weighted by Crippen LogP contribution is -2.50. The number of carbonyl (C=O) groups excluding carboxylic acids is 2. The van der Waals surface area contributed by atoms with Crippen molar-refractivity contribution in [1.82, 2.24) is 4.90 Å². The first-order chi connectivity index (χ1) is 11.4. The summed E-state index contributed by atoms with van der Waals surface area (Å²) in [5, 5.41) is 2.81. The van der Waals surface area contributed by atoms with Gasteiger partial charge in [-0.25, -0.2) is 0 Å². The third kappa shape index (κ3) is 5.94. The minimum absolute atomic E-state index is 0.0414. The Morgan fingerprint density at radius 1 is 1.25 bits per heavy atom. The molecule has 2 amide bonds. The Hall–Kier alpha value is -1.34. The van der Waals surface area contributed by atoms with Crippen LogP contribution in [-0.4, -0.2) is 50.3 Å². The number of nitrogens with zero attached hydrogens (tertiary/aromatic N) is 1. The van der Waals surface area contributed by atoms with Gasteiger partial charge in [0.15, 0.2) is 0 Å². The van der Waals surface area contributed by atoms with Gasteiger partial charge < -0.3 is 20.0 Å². The molecule has 132 valence electrons. The monoisotopic (exact) mass is 372 g/mol. The molecule has 7 nitrogen and oxygen atoms in total. The van der Waals surface area contributed by atoms with Crippen LogP contribution in [0.5, 0.6) is 0 Å². The highest BCUT2D eigenvalue weighted by molar-refractivity contribution is 8.04. The quantitative estimate of drug-likeness (QED) is 0.658. The van der Waals surface area contributed by atoms with Crippen LogP contribution in [0.2, 0.25) is 0 Å². The summed E-state index contributed by atoms with van der Waals surface area (Å²) in [4.78, 5) is 44.0. The van der Waals surface area contributed by atoms with Crippen LogP contribution >= 0.6 is 19.4 Å². The van der Waals surface area contributed by atoms with Crippen LogP contribution in [0.4, 0.5) is 5.69 Å². The molecule has 1 atom stereocenters. The van der Waals surface area contributed by atoms with Crippen molar-refractivity contribution in [2.24, 2.45) is 0 Å². The van der Waals surface area contributed by atoms with Crippen LogP contribution in [0, 0.1) is 0 Å². The third-order valence-electron chi connectivity index (χ3n) is 3.65. The number of anilines is 1. The predicted octanol–water partition coefficient (Wildman–Crippen LogP) is 1.87. The van der Waals surface area contributed by atoms with E-state index >= 15 is 0 Å². The van der Waals surface area contributed by atoms with Crippen molar-refractivity contribution < 1.29 is 23.9 Å². The molecule has 0 bridgehead atoms. The molecule has 24 heavy (non-hydrogen) atoms. The second-order valence-electron chi connectivity index (χ2n) is 5.60. The number of amides is 2. The highest BCUT2D eigenvalue weighted by Gasteiger charge is 2.32. The molecule has 3 N–H and O–H groups in total. The Balaban J connectivity index is 1.95. The van der Waals surface area contributed by atoms with Crippen molar-refractivity contribution in [2.75, 3.05) is 23.1 Å². The molecular formula is C15H21N2O5PS. The summed E-state index contributed by atoms with van der Waals surface area (Å²) >= 11 is 0.894. The van der Waals surface area contributed by atoms with Gasteiger partial charge in [-0.2, -0.15) is 0 Å². The van der Waals surface area contributed by atoms with Gasteiger partial charge in [-0.15, -0.1) is 11.8 Å². The SMILES string of the molecule is O=C(Nc1ccccc1)[C@@H]1CCCCN1C(=O)CSCP(=O)(O)O. The van der Waals surface area contributed by atoms with E-state index in [0.717, 1.165) is 24.6 Å². The minimum Gasteiger partial charge on any atom is -0.330 e. The number of hydrogen-bond donors (Lipinski definition) is 3. The lowest BCUT2D eigenvalue weighted by molar-refractivity contribution is -0.138. The molecule has 1 fully saturated rings. The summed E-state index contributed by atoms with van der Waals surface area (Å²) in [5.74, 6) is -0.532. The first-order valence-corrected chi connectivity index (χ1v) is 10.6. The molecule has 0 saturated carbocycles. The standard InChI is InChI=1S/C15H21N2O5PS/c18-14(10-24-11-23(20,21)22)17-9-5-4-8-13(17)15(19)16-12-6-2-1-3-7-12/h1-3,6-7,13H,4-5,8-11H2,(H,16,19)(H2,20,21,22)/t13-/m0/s1. The normalized spacial score (nSPS) is 18.2. The molecular weight excluding hydrogens is 351 g/mol. The van der Waals surface area contributed by atoms with Crippen LogP contribution in [-0.2, 0) is 14.2 Å². The topological polar surface area (TPSA) is 107 Å². The van der Waals surface area contributed by atoms with E-state index in [2.05, 4.69) is 5.32 Å². The van der Waals surface area contributed by atoms with Gasteiger partial charge in [0.2, 0.25) is 11.8 Å². The zero-order valence-electron chi connectivity index (χ0n) is 13.1. The zero-order valence-corrected chi connectivity index (χ0v) is 14.8. The summed E-state index contributed by atoms with van der Waals surface area (Å²) < 4.78 is 10.8. The Labute approximate surface area is 145 Å². The van der Waals surface area contributed by atoms with Crippen molar-refractivity contribution in [3.05, 3.63) is 30.3 Å². The molecule has 1 aromatic rings. The van der Waals surface area contributed by atoms with E-state index in [-0.39, 0.29) is 17.6 Å². The van der Waals surface area contributed by atoms with Crippen molar-refractivity contribution >= 4 is 36.9 Å². The molecule has 1 aliphatic rings. The van der Waals surface area contributed by atoms with E-state index in [9.17, 15) is 14.2 Å². The Kier molecular flexibility index (Phi) is 6.86. The van der Waals surface area contributed by atoms with Crippen LogP contribution in [0.25, 0.3) is 0 Å². The Bertz CT molecular complexity index is 622. The first kappa shape index (κ1) is 19.0. The van der Waals surface area contributed by atoms with Gasteiger partial charge in [-0.1, -0.05) is 18.2 Å². The summed E-state index contributed by atoms with van der Waals surface area (Å²) in [7, 11) is -4.13. The lowest BCUT2D eigenvalue weighted by Gasteiger charge is -2.34. The fourth-order valence-corrected chi connectivity index (χ4v) is 4.24. The van der Waals surface area contributed by atoms with Crippen LogP contribution < -0.4 is 5.32 Å². The van der Waals surface area contributed by atoms with Gasteiger partial charge in [0.05, 0.1) is 11.2 Å². The third-order valence-corrected chi connectivity index (χ3v) is 6.18. The number of benzene rings is 1. The van der Waals surface area contributed by atoms with Crippen molar-refractivity contribution in [3.63, 3.8) is 0 Å². The Morgan fingerprint density at radius 2 is 1.96 bits per heavy atom. The second-order valence-corrected chi connectivity index (χ2v) is 8.66. The highest BCUT2D eigenvalue weighted by Crippen LogP contribution is 2.38. The van der Waals surface area contributed by atoms with Gasteiger partial charge in [0, 0.05) is 12.2 Å². The van der Waals surface area contributed by atoms with E-state index in [1.54, 1.807) is 12.1 Å². The maximum absolute atomic E-state index is 12.5. The number of hydrogen-bond acceptors (Lipinski definition) is 4. The van der Waals surface area contributed by atoms with Gasteiger partial charge in [-0.05, 0) is 31.4 Å². The number of thioether (sulfide) groups is 1. The molecule has 1 saturated heterocycles. The van der Waals surface area contributed by atoms with Crippen molar-refractivity contribution in [2.45, 2.75) is 25.3 Å². The molecule has 0 radical (unpaired) electrons. The molecule has 0 aromatic heterocycles. The average molecular weight is 372 g/mol. The molecule has 0 unspecified atom stereocenters. The summed E-state index contributed by atoms with van der Waals surface area (Å²) in [6.45, 7) is 0.488. The predicted molar refractivity (Wildman–Crippen MR) is 93.8 cm³/mol. The average Bonchev–Trinajstić information content (AvgIpc) is 2.54. The number of nitrogens with one attached hydrogen (secondary N) is 1. The van der Waals surface area contributed by atoms with Gasteiger partial charge in [-0.3, -0.25) is 14.2 Å². The molecule has 1 aromatic carbocycles. The van der Waals surface area contributed by atoms with E-state index in [4.69, 9.17) is 9.79 Å². The molecule has 1 aliphatic heterocycles. The molecule has 0 spiro atoms. The fourth-order valence-electron chi connectivity index (χ4n) is 2.58. The van der Waals surface area contributed by atoms with E-state index in [0.29, 0.717) is 18.7 Å². The number of likely N-dealkylation sites (tertiary alicyclic amines) is 1. The zero-order chi connectivity index (χ0) is 17.6. The van der Waals surface area contributed by atoms with Crippen LogP contribution in [0.1, 0.15) is 19.3 Å². The Morgan fingerprint density at radius 3 is 2.62 bits per heavy atom. The van der Waals surface area contributed by atoms with Crippen molar-refractivity contribution in [1.29, 1.82) is 0 Å². The highest BCUT2D eigenvalue weighted by atomic mass is 32.2. The van der Waals surface area contributed by atoms with E-state index < -0.39 is 19.1 Å².